The first-order valence-corrected chi connectivity index (χ1v) is 6.72. The molecule has 0 aromatic heterocycles. The van der Waals surface area contributed by atoms with Crippen molar-refractivity contribution >= 4 is 14.5 Å². The number of carbonyl (C=O) groups excluding carboxylic acids is 1. The Bertz CT molecular complexity index is 206. The monoisotopic (exact) mass is 232 g/mol. The average Bonchev–Trinajstić information content (AvgIpc) is 2.28. The Morgan fingerprint density at radius 2 is 2.07 bits per heavy atom. The van der Waals surface area contributed by atoms with Crippen molar-refractivity contribution in [1.82, 2.24) is 5.06 Å². The minimum atomic E-state index is 0.118. The van der Waals surface area contributed by atoms with Crippen LogP contribution in [-0.4, -0.2) is 37.1 Å². The molecule has 4 nitrogen and oxygen atoms in total. The van der Waals surface area contributed by atoms with E-state index in [1.54, 1.807) is 7.05 Å². The molecule has 1 fully saturated rings. The van der Waals surface area contributed by atoms with Crippen molar-refractivity contribution in [2.24, 2.45) is 11.7 Å². The van der Waals surface area contributed by atoms with Crippen LogP contribution in [0.4, 0.5) is 0 Å². The highest BCUT2D eigenvalue weighted by Gasteiger charge is 2.27. The van der Waals surface area contributed by atoms with E-state index in [4.69, 9.17) is 10.6 Å². The summed E-state index contributed by atoms with van der Waals surface area (Å²) in [6.45, 7) is 0. The Labute approximate surface area is 93.3 Å². The highest BCUT2D eigenvalue weighted by Crippen LogP contribution is 2.35. The van der Waals surface area contributed by atoms with Gasteiger partial charge < -0.3 is 5.73 Å². The van der Waals surface area contributed by atoms with E-state index in [0.717, 1.165) is 46.2 Å². The number of rotatable bonds is 4. The van der Waals surface area contributed by atoms with Gasteiger partial charge in [-0.15, -0.1) is 8.58 Å². The lowest BCUT2D eigenvalue weighted by atomic mass is 9.88. The molecule has 1 atom stereocenters. The van der Waals surface area contributed by atoms with Crippen LogP contribution in [0.3, 0.4) is 0 Å². The molecule has 5 heteroatoms. The van der Waals surface area contributed by atoms with E-state index in [9.17, 15) is 4.79 Å². The van der Waals surface area contributed by atoms with Crippen LogP contribution >= 0.6 is 8.58 Å². The Morgan fingerprint density at radius 1 is 1.47 bits per heavy atom. The Hall–Kier alpha value is -0.180. The second-order valence-electron chi connectivity index (χ2n) is 3.98. The molecule has 0 bridgehead atoms. The zero-order valence-electron chi connectivity index (χ0n) is 9.53. The van der Waals surface area contributed by atoms with E-state index in [2.05, 4.69) is 0 Å². The third-order valence-corrected chi connectivity index (χ3v) is 4.46. The second kappa shape index (κ2) is 6.41. The first kappa shape index (κ1) is 12.9. The quantitative estimate of drug-likeness (QED) is 0.584. The van der Waals surface area contributed by atoms with Gasteiger partial charge in [0.25, 0.3) is 0 Å². The zero-order valence-corrected chi connectivity index (χ0v) is 10.5. The van der Waals surface area contributed by atoms with E-state index >= 15 is 0 Å². The SMILES string of the molecule is CON(C)C(=O)C1CCC(PCN)CC1. The molecule has 1 saturated carbocycles. The molecule has 1 rings (SSSR count). The van der Waals surface area contributed by atoms with Crippen molar-refractivity contribution < 1.29 is 9.63 Å². The first-order valence-electron chi connectivity index (χ1n) is 5.44. The lowest BCUT2D eigenvalue weighted by Crippen LogP contribution is -2.34. The van der Waals surface area contributed by atoms with Gasteiger partial charge in [0.1, 0.15) is 0 Å². The van der Waals surface area contributed by atoms with Crippen LogP contribution in [0, 0.1) is 5.92 Å². The lowest BCUT2D eigenvalue weighted by Gasteiger charge is -2.29. The first-order chi connectivity index (χ1) is 7.19. The van der Waals surface area contributed by atoms with Gasteiger partial charge in [0.2, 0.25) is 5.91 Å². The van der Waals surface area contributed by atoms with Gasteiger partial charge in [-0.3, -0.25) is 9.63 Å². The van der Waals surface area contributed by atoms with Crippen LogP contribution in [0.5, 0.6) is 0 Å². The number of nitrogens with two attached hydrogens (primary N) is 1. The van der Waals surface area contributed by atoms with Crippen molar-refractivity contribution in [3.05, 3.63) is 0 Å². The molecule has 15 heavy (non-hydrogen) atoms. The van der Waals surface area contributed by atoms with Gasteiger partial charge in [0, 0.05) is 19.3 Å². The Balaban J connectivity index is 2.33. The number of nitrogens with zero attached hydrogens (tertiary/aromatic N) is 1. The average molecular weight is 232 g/mol. The lowest BCUT2D eigenvalue weighted by molar-refractivity contribution is -0.174. The summed E-state index contributed by atoms with van der Waals surface area (Å²) in [6, 6.07) is 0. The summed E-state index contributed by atoms with van der Waals surface area (Å²) in [7, 11) is 4.07. The maximum absolute atomic E-state index is 11.8. The van der Waals surface area contributed by atoms with Gasteiger partial charge in [-0.1, -0.05) is 0 Å². The highest BCUT2D eigenvalue weighted by atomic mass is 31.1. The van der Waals surface area contributed by atoms with E-state index in [1.165, 1.54) is 12.2 Å². The smallest absolute Gasteiger partial charge is 0.248 e. The third-order valence-electron chi connectivity index (χ3n) is 3.07. The molecule has 0 radical (unpaired) electrons. The van der Waals surface area contributed by atoms with Gasteiger partial charge in [-0.25, -0.2) is 5.06 Å². The number of hydroxylamine groups is 2. The summed E-state index contributed by atoms with van der Waals surface area (Å²) in [4.78, 5) is 16.7. The predicted octanol–water partition coefficient (Wildman–Crippen LogP) is 1.16. The van der Waals surface area contributed by atoms with Crippen LogP contribution in [-0.2, 0) is 9.63 Å². The number of hydrogen-bond acceptors (Lipinski definition) is 3. The van der Waals surface area contributed by atoms with Crippen molar-refractivity contribution in [2.45, 2.75) is 31.3 Å². The van der Waals surface area contributed by atoms with Gasteiger partial charge >= 0.3 is 0 Å². The minimum Gasteiger partial charge on any atom is -0.327 e. The molecule has 1 aliphatic rings. The number of hydrogen-bond donors (Lipinski definition) is 1. The summed E-state index contributed by atoms with van der Waals surface area (Å²) in [5.74, 6) is 0.279. The molecule has 0 aromatic carbocycles. The fraction of sp³-hybridized carbons (Fsp3) is 0.900. The minimum absolute atomic E-state index is 0.118. The maximum Gasteiger partial charge on any atom is 0.248 e. The van der Waals surface area contributed by atoms with Crippen LogP contribution in [0.2, 0.25) is 0 Å². The predicted molar refractivity (Wildman–Crippen MR) is 62.9 cm³/mol. The molecule has 0 aliphatic heterocycles. The normalized spacial score (nSPS) is 27.1. The van der Waals surface area contributed by atoms with Crippen LogP contribution in [0.15, 0.2) is 0 Å². The van der Waals surface area contributed by atoms with Crippen molar-refractivity contribution in [3.8, 4) is 0 Å². The van der Waals surface area contributed by atoms with Crippen LogP contribution in [0.25, 0.3) is 0 Å². The Morgan fingerprint density at radius 3 is 2.53 bits per heavy atom. The van der Waals surface area contributed by atoms with E-state index in [-0.39, 0.29) is 11.8 Å². The molecule has 0 heterocycles. The standard InChI is InChI=1S/C10H21N2O2P/c1-12(14-2)10(13)8-3-5-9(6-4-8)15-7-11/h8-9,15H,3-7,11H2,1-2H3. The number of amides is 1. The topological polar surface area (TPSA) is 55.6 Å². The summed E-state index contributed by atoms with van der Waals surface area (Å²) in [5.41, 5.74) is 6.30. The van der Waals surface area contributed by atoms with Gasteiger partial charge in [-0.2, -0.15) is 0 Å². The van der Waals surface area contributed by atoms with Crippen LogP contribution in [0.1, 0.15) is 25.7 Å². The molecule has 0 aromatic rings. The van der Waals surface area contributed by atoms with Crippen LogP contribution < -0.4 is 5.73 Å². The largest absolute Gasteiger partial charge is 0.327 e. The fourth-order valence-corrected chi connectivity index (χ4v) is 3.13. The van der Waals surface area contributed by atoms with Crippen molar-refractivity contribution in [1.29, 1.82) is 0 Å². The summed E-state index contributed by atoms with van der Waals surface area (Å²) in [6.07, 6.45) is 5.06. The Kier molecular flexibility index (Phi) is 5.51. The van der Waals surface area contributed by atoms with Gasteiger partial charge in [-0.05, 0) is 31.3 Å². The van der Waals surface area contributed by atoms with E-state index in [0.29, 0.717) is 0 Å². The van der Waals surface area contributed by atoms with E-state index < -0.39 is 0 Å². The van der Waals surface area contributed by atoms with Crippen molar-refractivity contribution in [3.63, 3.8) is 0 Å². The molecule has 88 valence electrons. The summed E-state index contributed by atoms with van der Waals surface area (Å²) < 4.78 is 0. The molecule has 0 saturated heterocycles. The molecule has 1 amide bonds. The molecule has 1 aliphatic carbocycles. The maximum atomic E-state index is 11.8. The summed E-state index contributed by atoms with van der Waals surface area (Å²) >= 11 is 0. The molecular formula is C10H21N2O2P. The molecule has 1 unspecified atom stereocenters. The fourth-order valence-electron chi connectivity index (χ4n) is 2.06. The zero-order chi connectivity index (χ0) is 11.3. The second-order valence-corrected chi connectivity index (χ2v) is 5.61. The number of carbonyl (C=O) groups is 1. The molecular weight excluding hydrogens is 211 g/mol. The highest BCUT2D eigenvalue weighted by molar-refractivity contribution is 7.38. The third kappa shape index (κ3) is 3.71. The molecule has 2 N–H and O–H groups in total. The van der Waals surface area contributed by atoms with Gasteiger partial charge in [0.15, 0.2) is 0 Å². The molecule has 0 spiro atoms. The van der Waals surface area contributed by atoms with Crippen molar-refractivity contribution in [2.75, 3.05) is 20.4 Å². The van der Waals surface area contributed by atoms with E-state index in [1.807, 2.05) is 0 Å². The van der Waals surface area contributed by atoms with Gasteiger partial charge in [0.05, 0.1) is 7.11 Å². The summed E-state index contributed by atoms with van der Waals surface area (Å²) in [5, 5.41) is 1.34.